The lowest BCUT2D eigenvalue weighted by molar-refractivity contribution is -0.0498. The van der Waals surface area contributed by atoms with Gasteiger partial charge in [0.15, 0.2) is 0 Å². The Bertz CT molecular complexity index is 1140. The summed E-state index contributed by atoms with van der Waals surface area (Å²) in [5, 5.41) is 13.8. The average molecular weight is 469 g/mol. The van der Waals surface area contributed by atoms with Crippen LogP contribution in [0.15, 0.2) is 61.1 Å². The average Bonchev–Trinajstić information content (AvgIpc) is 3.43. The normalized spacial score (nSPS) is 18.5. The Hall–Kier alpha value is -3.46. The number of benzene rings is 2. The number of para-hydroxylation sites is 1. The number of rotatable bonds is 6. The summed E-state index contributed by atoms with van der Waals surface area (Å²) < 4.78 is 31.0. The summed E-state index contributed by atoms with van der Waals surface area (Å²) in [5.74, 6) is 0.252. The van der Waals surface area contributed by atoms with E-state index in [9.17, 15) is 18.7 Å². The highest BCUT2D eigenvalue weighted by atomic mass is 19.3. The van der Waals surface area contributed by atoms with Crippen LogP contribution in [0.2, 0.25) is 0 Å². The van der Waals surface area contributed by atoms with Crippen molar-refractivity contribution in [1.82, 2.24) is 14.5 Å². The van der Waals surface area contributed by atoms with Gasteiger partial charge in [-0.15, -0.1) is 0 Å². The van der Waals surface area contributed by atoms with Crippen molar-refractivity contribution in [3.8, 4) is 11.4 Å². The molecule has 0 radical (unpaired) electrons. The largest absolute Gasteiger partial charge is 0.435 e. The van der Waals surface area contributed by atoms with Gasteiger partial charge in [0.05, 0.1) is 23.8 Å². The van der Waals surface area contributed by atoms with Crippen molar-refractivity contribution >= 4 is 11.7 Å². The summed E-state index contributed by atoms with van der Waals surface area (Å²) >= 11 is 0. The number of likely N-dealkylation sites (tertiary alicyclic amines) is 1. The van der Waals surface area contributed by atoms with Gasteiger partial charge in [-0.05, 0) is 61.1 Å². The predicted molar refractivity (Wildman–Crippen MR) is 122 cm³/mol. The molecule has 2 aliphatic rings. The molecule has 0 spiro atoms. The summed E-state index contributed by atoms with van der Waals surface area (Å²) in [7, 11) is 0. The van der Waals surface area contributed by atoms with Crippen molar-refractivity contribution in [3.63, 3.8) is 0 Å². The number of alkyl halides is 2. The molecule has 0 aliphatic carbocycles. The van der Waals surface area contributed by atoms with Gasteiger partial charge in [0.1, 0.15) is 5.75 Å². The van der Waals surface area contributed by atoms with E-state index in [1.807, 2.05) is 24.7 Å². The molecule has 5 rings (SSSR count). The molecule has 3 heterocycles. The van der Waals surface area contributed by atoms with Gasteiger partial charge >= 0.3 is 12.6 Å². The molecule has 2 N–H and O–H groups in total. The fourth-order valence-electron chi connectivity index (χ4n) is 5.02. The number of carbonyl (C=O) groups is 1. The molecule has 2 atom stereocenters. The van der Waals surface area contributed by atoms with Crippen LogP contribution < -0.4 is 10.1 Å². The van der Waals surface area contributed by atoms with E-state index < -0.39 is 12.7 Å². The zero-order valence-electron chi connectivity index (χ0n) is 18.5. The van der Waals surface area contributed by atoms with Gasteiger partial charge in [0.25, 0.3) is 0 Å². The first kappa shape index (κ1) is 22.3. The number of amides is 2. The zero-order valence-corrected chi connectivity index (χ0v) is 18.5. The van der Waals surface area contributed by atoms with Gasteiger partial charge in [0, 0.05) is 30.9 Å². The molecular formula is C25H26F2N4O3. The Balaban J connectivity index is 1.15. The third kappa shape index (κ3) is 4.48. The molecule has 7 nitrogen and oxygen atoms in total. The monoisotopic (exact) mass is 468 g/mol. The number of ether oxygens (including phenoxy) is 1. The van der Waals surface area contributed by atoms with Crippen LogP contribution in [0.1, 0.15) is 36.4 Å². The number of hydrogen-bond donors (Lipinski definition) is 2. The lowest BCUT2D eigenvalue weighted by atomic mass is 9.83. The summed E-state index contributed by atoms with van der Waals surface area (Å²) in [5.41, 5.74) is 3.93. The maximum Gasteiger partial charge on any atom is 0.387 e. The second kappa shape index (κ2) is 9.42. The van der Waals surface area contributed by atoms with E-state index >= 15 is 0 Å². The van der Waals surface area contributed by atoms with Crippen molar-refractivity contribution in [2.24, 2.45) is 5.92 Å². The van der Waals surface area contributed by atoms with E-state index in [-0.39, 0.29) is 23.6 Å². The van der Waals surface area contributed by atoms with Crippen LogP contribution in [0.4, 0.5) is 19.3 Å². The van der Waals surface area contributed by atoms with E-state index in [4.69, 9.17) is 0 Å². The number of fused-ring (bicyclic) bond motifs is 3. The summed E-state index contributed by atoms with van der Waals surface area (Å²) in [6.45, 7) is -1.80. The number of nitrogens with one attached hydrogen (secondary N) is 1. The topological polar surface area (TPSA) is 79.6 Å². The number of halogens is 2. The van der Waals surface area contributed by atoms with E-state index in [2.05, 4.69) is 31.7 Å². The van der Waals surface area contributed by atoms with Gasteiger partial charge in [-0.2, -0.15) is 8.78 Å². The molecule has 178 valence electrons. The zero-order chi connectivity index (χ0) is 23.7. The number of anilines is 1. The first-order chi connectivity index (χ1) is 16.5. The number of imidazole rings is 1. The SMILES string of the molecule is O=C(Nc1ccc(OC(F)F)cc1)N1CCC(C(O)CC2c3ccccc3-n3cncc32)CC1. The Labute approximate surface area is 196 Å². The molecule has 0 bridgehead atoms. The van der Waals surface area contributed by atoms with Gasteiger partial charge in [-0.1, -0.05) is 18.2 Å². The van der Waals surface area contributed by atoms with Crippen molar-refractivity contribution in [2.45, 2.75) is 37.9 Å². The van der Waals surface area contributed by atoms with Crippen molar-refractivity contribution in [1.29, 1.82) is 0 Å². The smallest absolute Gasteiger partial charge is 0.387 e. The van der Waals surface area contributed by atoms with E-state index in [0.29, 0.717) is 38.0 Å². The summed E-state index contributed by atoms with van der Waals surface area (Å²) in [4.78, 5) is 18.6. The Kier molecular flexibility index (Phi) is 6.19. The molecule has 2 amide bonds. The molecule has 34 heavy (non-hydrogen) atoms. The molecule has 9 heteroatoms. The van der Waals surface area contributed by atoms with E-state index in [1.165, 1.54) is 29.8 Å². The molecule has 2 aromatic carbocycles. The van der Waals surface area contributed by atoms with Crippen molar-refractivity contribution in [3.05, 3.63) is 72.3 Å². The Morgan fingerprint density at radius 1 is 1.15 bits per heavy atom. The quantitative estimate of drug-likeness (QED) is 0.554. The fraction of sp³-hybridized carbons (Fsp3) is 0.360. The lowest BCUT2D eigenvalue weighted by Crippen LogP contribution is -2.43. The molecular weight excluding hydrogens is 442 g/mol. The predicted octanol–water partition coefficient (Wildman–Crippen LogP) is 4.61. The van der Waals surface area contributed by atoms with E-state index in [0.717, 1.165) is 11.4 Å². The maximum absolute atomic E-state index is 12.6. The van der Waals surface area contributed by atoms with Crippen LogP contribution in [0.3, 0.4) is 0 Å². The highest BCUT2D eigenvalue weighted by molar-refractivity contribution is 5.89. The lowest BCUT2D eigenvalue weighted by Gasteiger charge is -2.35. The summed E-state index contributed by atoms with van der Waals surface area (Å²) in [6.07, 6.45) is 5.25. The van der Waals surface area contributed by atoms with Crippen LogP contribution in [-0.2, 0) is 0 Å². The van der Waals surface area contributed by atoms with Gasteiger partial charge in [-0.3, -0.25) is 0 Å². The number of carbonyl (C=O) groups excluding carboxylic acids is 1. The van der Waals surface area contributed by atoms with Gasteiger partial charge in [0.2, 0.25) is 0 Å². The van der Waals surface area contributed by atoms with Gasteiger partial charge in [-0.25, -0.2) is 9.78 Å². The number of nitrogens with zero attached hydrogens (tertiary/aromatic N) is 3. The molecule has 0 saturated carbocycles. The second-order valence-electron chi connectivity index (χ2n) is 8.76. The van der Waals surface area contributed by atoms with Crippen LogP contribution in [0, 0.1) is 5.92 Å². The third-order valence-corrected chi connectivity index (χ3v) is 6.77. The highest BCUT2D eigenvalue weighted by Gasteiger charge is 2.34. The minimum Gasteiger partial charge on any atom is -0.435 e. The standard InChI is InChI=1S/C25H26F2N4O3/c26-24(27)34-18-7-5-17(6-8-18)29-25(33)30-11-9-16(10-12-30)23(32)13-20-19-3-1-2-4-21(19)31-15-28-14-22(20)31/h1-8,14-16,20,23-24,32H,9-13H2,(H,29,33). The Morgan fingerprint density at radius 2 is 1.88 bits per heavy atom. The van der Waals surface area contributed by atoms with Crippen LogP contribution in [0.25, 0.3) is 5.69 Å². The Morgan fingerprint density at radius 3 is 2.62 bits per heavy atom. The first-order valence-corrected chi connectivity index (χ1v) is 11.4. The number of aromatic nitrogens is 2. The van der Waals surface area contributed by atoms with Crippen LogP contribution in [0.5, 0.6) is 5.75 Å². The number of hydrogen-bond acceptors (Lipinski definition) is 4. The summed E-state index contributed by atoms with van der Waals surface area (Å²) in [6, 6.07) is 13.8. The number of piperidine rings is 1. The number of aliphatic hydroxyl groups is 1. The third-order valence-electron chi connectivity index (χ3n) is 6.77. The van der Waals surface area contributed by atoms with E-state index in [1.54, 1.807) is 4.90 Å². The minimum absolute atomic E-state index is 0.0377. The molecule has 1 aromatic heterocycles. The van der Waals surface area contributed by atoms with Gasteiger partial charge < -0.3 is 24.6 Å². The molecule has 3 aromatic rings. The van der Waals surface area contributed by atoms with Crippen molar-refractivity contribution in [2.75, 3.05) is 18.4 Å². The maximum atomic E-state index is 12.6. The number of urea groups is 1. The minimum atomic E-state index is -2.89. The number of aliphatic hydroxyl groups excluding tert-OH is 1. The molecule has 1 saturated heterocycles. The first-order valence-electron chi connectivity index (χ1n) is 11.4. The molecule has 2 aliphatic heterocycles. The highest BCUT2D eigenvalue weighted by Crippen LogP contribution is 2.41. The molecule has 1 fully saturated rings. The fourth-order valence-corrected chi connectivity index (χ4v) is 5.02. The van der Waals surface area contributed by atoms with Crippen LogP contribution in [-0.4, -0.2) is 51.4 Å². The van der Waals surface area contributed by atoms with Crippen molar-refractivity contribution < 1.29 is 23.4 Å². The second-order valence-corrected chi connectivity index (χ2v) is 8.76. The van der Waals surface area contributed by atoms with Crippen LogP contribution >= 0.6 is 0 Å². The molecule has 2 unspecified atom stereocenters.